The highest BCUT2D eigenvalue weighted by molar-refractivity contribution is 5.76. The van der Waals surface area contributed by atoms with Gasteiger partial charge in [-0.15, -0.1) is 0 Å². The van der Waals surface area contributed by atoms with Gasteiger partial charge in [-0.3, -0.25) is 4.79 Å². The maximum absolute atomic E-state index is 11.8. The summed E-state index contributed by atoms with van der Waals surface area (Å²) in [5, 5.41) is 13.2. The van der Waals surface area contributed by atoms with Crippen molar-refractivity contribution >= 4 is 12.0 Å². The van der Waals surface area contributed by atoms with E-state index in [1.54, 1.807) is 0 Å². The molecule has 5 nitrogen and oxygen atoms in total. The summed E-state index contributed by atoms with van der Waals surface area (Å²) < 4.78 is 35.4. The van der Waals surface area contributed by atoms with Crippen molar-refractivity contribution in [3.63, 3.8) is 0 Å². The second-order valence-electron chi connectivity index (χ2n) is 4.55. The van der Waals surface area contributed by atoms with Crippen molar-refractivity contribution < 1.29 is 27.9 Å². The van der Waals surface area contributed by atoms with Gasteiger partial charge < -0.3 is 15.7 Å². The van der Waals surface area contributed by atoms with E-state index >= 15 is 0 Å². The molecule has 2 amide bonds. The fourth-order valence-corrected chi connectivity index (χ4v) is 1.26. The van der Waals surface area contributed by atoms with Crippen molar-refractivity contribution in [1.29, 1.82) is 0 Å². The average Bonchev–Trinajstić information content (AvgIpc) is 2.07. The number of amides is 2. The zero-order valence-electron chi connectivity index (χ0n) is 10.2. The predicted molar refractivity (Wildman–Crippen MR) is 58.2 cm³/mol. The Morgan fingerprint density at radius 1 is 1.22 bits per heavy atom. The van der Waals surface area contributed by atoms with E-state index < -0.39 is 30.1 Å². The summed E-state index contributed by atoms with van der Waals surface area (Å²) in [6.07, 6.45) is -5.69. The number of carbonyl (C=O) groups is 2. The van der Waals surface area contributed by atoms with Crippen molar-refractivity contribution in [3.8, 4) is 0 Å². The summed E-state index contributed by atoms with van der Waals surface area (Å²) in [7, 11) is 0. The monoisotopic (exact) mass is 270 g/mol. The van der Waals surface area contributed by atoms with Crippen LogP contribution in [0.1, 0.15) is 33.1 Å². The first-order valence-electron chi connectivity index (χ1n) is 5.36. The second kappa shape index (κ2) is 6.46. The summed E-state index contributed by atoms with van der Waals surface area (Å²) >= 11 is 0. The van der Waals surface area contributed by atoms with Gasteiger partial charge in [-0.05, 0) is 20.3 Å². The SMILES string of the molecule is CC(C)(CC(=O)O)NC(=O)NCCCC(F)(F)F. The Hall–Kier alpha value is -1.47. The Balaban J connectivity index is 3.87. The highest BCUT2D eigenvalue weighted by atomic mass is 19.4. The Bertz CT molecular complexity index is 303. The molecule has 0 saturated heterocycles. The van der Waals surface area contributed by atoms with Gasteiger partial charge in [0.25, 0.3) is 0 Å². The predicted octanol–water partition coefficient (Wildman–Crippen LogP) is 1.88. The van der Waals surface area contributed by atoms with Crippen molar-refractivity contribution in [3.05, 3.63) is 0 Å². The number of alkyl halides is 3. The van der Waals surface area contributed by atoms with Crippen LogP contribution in [0.25, 0.3) is 0 Å². The summed E-state index contributed by atoms with van der Waals surface area (Å²) in [5.41, 5.74) is -0.958. The summed E-state index contributed by atoms with van der Waals surface area (Å²) in [6.45, 7) is 2.90. The molecule has 0 aromatic carbocycles. The van der Waals surface area contributed by atoms with E-state index in [9.17, 15) is 22.8 Å². The number of hydrogen-bond acceptors (Lipinski definition) is 2. The Morgan fingerprint density at radius 3 is 2.22 bits per heavy atom. The first-order chi connectivity index (χ1) is 8.02. The number of urea groups is 1. The van der Waals surface area contributed by atoms with Crippen LogP contribution in [0.2, 0.25) is 0 Å². The van der Waals surface area contributed by atoms with Gasteiger partial charge in [0.2, 0.25) is 0 Å². The molecular formula is C10H17F3N2O3. The third-order valence-corrected chi connectivity index (χ3v) is 1.97. The van der Waals surface area contributed by atoms with E-state index in [0.29, 0.717) is 0 Å². The van der Waals surface area contributed by atoms with E-state index in [4.69, 9.17) is 5.11 Å². The van der Waals surface area contributed by atoms with Crippen LogP contribution in [0.3, 0.4) is 0 Å². The summed E-state index contributed by atoms with van der Waals surface area (Å²) in [6, 6.07) is -0.677. The van der Waals surface area contributed by atoms with Gasteiger partial charge in [0.1, 0.15) is 0 Å². The molecule has 0 aliphatic rings. The number of carboxylic acids is 1. The van der Waals surface area contributed by atoms with Crippen molar-refractivity contribution in [2.24, 2.45) is 0 Å². The summed E-state index contributed by atoms with van der Waals surface area (Å²) in [5.74, 6) is -1.07. The van der Waals surface area contributed by atoms with Crippen molar-refractivity contribution in [1.82, 2.24) is 10.6 Å². The molecule has 0 saturated carbocycles. The van der Waals surface area contributed by atoms with Gasteiger partial charge in [0.05, 0.1) is 6.42 Å². The molecule has 8 heteroatoms. The van der Waals surface area contributed by atoms with Gasteiger partial charge in [0, 0.05) is 18.5 Å². The normalized spacial score (nSPS) is 12.1. The first kappa shape index (κ1) is 16.5. The van der Waals surface area contributed by atoms with Gasteiger partial charge in [0.15, 0.2) is 0 Å². The second-order valence-corrected chi connectivity index (χ2v) is 4.55. The lowest BCUT2D eigenvalue weighted by Crippen LogP contribution is -2.49. The number of carbonyl (C=O) groups excluding carboxylic acids is 1. The lowest BCUT2D eigenvalue weighted by Gasteiger charge is -2.24. The largest absolute Gasteiger partial charge is 0.481 e. The van der Waals surface area contributed by atoms with Gasteiger partial charge >= 0.3 is 18.2 Å². The van der Waals surface area contributed by atoms with Crippen LogP contribution < -0.4 is 10.6 Å². The summed E-state index contributed by atoms with van der Waals surface area (Å²) in [4.78, 5) is 21.7. The third-order valence-electron chi connectivity index (χ3n) is 1.97. The van der Waals surface area contributed by atoms with Gasteiger partial charge in [-0.25, -0.2) is 4.79 Å². The van der Waals surface area contributed by atoms with E-state index in [1.165, 1.54) is 13.8 Å². The van der Waals surface area contributed by atoms with E-state index in [0.717, 1.165) is 0 Å². The molecule has 0 aliphatic carbocycles. The number of carboxylic acid groups (broad SMARTS) is 1. The molecule has 18 heavy (non-hydrogen) atoms. The van der Waals surface area contributed by atoms with Gasteiger partial charge in [-0.2, -0.15) is 13.2 Å². The standard InChI is InChI=1S/C10H17F3N2O3/c1-9(2,6-7(16)17)15-8(18)14-5-3-4-10(11,12)13/h3-6H2,1-2H3,(H,16,17)(H2,14,15,18). The molecule has 0 atom stereocenters. The lowest BCUT2D eigenvalue weighted by atomic mass is 10.0. The lowest BCUT2D eigenvalue weighted by molar-refractivity contribution is -0.138. The first-order valence-corrected chi connectivity index (χ1v) is 5.36. The topological polar surface area (TPSA) is 78.4 Å². The Morgan fingerprint density at radius 2 is 1.78 bits per heavy atom. The molecule has 0 bridgehead atoms. The number of nitrogens with one attached hydrogen (secondary N) is 2. The van der Waals surface area contributed by atoms with Crippen molar-refractivity contribution in [2.45, 2.75) is 44.8 Å². The molecular weight excluding hydrogens is 253 g/mol. The van der Waals surface area contributed by atoms with Crippen molar-refractivity contribution in [2.75, 3.05) is 6.54 Å². The van der Waals surface area contributed by atoms with Crippen LogP contribution in [0.5, 0.6) is 0 Å². The highest BCUT2D eigenvalue weighted by Crippen LogP contribution is 2.20. The molecule has 3 N–H and O–H groups in total. The maximum atomic E-state index is 11.8. The number of halogens is 3. The highest BCUT2D eigenvalue weighted by Gasteiger charge is 2.26. The molecule has 0 fully saturated rings. The molecule has 0 spiro atoms. The number of hydrogen-bond donors (Lipinski definition) is 3. The molecule has 0 aliphatic heterocycles. The average molecular weight is 270 g/mol. The zero-order valence-corrected chi connectivity index (χ0v) is 10.2. The Kier molecular flexibility index (Phi) is 5.93. The van der Waals surface area contributed by atoms with E-state index in [2.05, 4.69) is 10.6 Å². The van der Waals surface area contributed by atoms with Crippen LogP contribution >= 0.6 is 0 Å². The smallest absolute Gasteiger partial charge is 0.389 e. The fourth-order valence-electron chi connectivity index (χ4n) is 1.26. The molecule has 0 aromatic rings. The molecule has 0 heterocycles. The maximum Gasteiger partial charge on any atom is 0.389 e. The van der Waals surface area contributed by atoms with E-state index in [-0.39, 0.29) is 19.4 Å². The number of aliphatic carboxylic acids is 1. The fraction of sp³-hybridized carbons (Fsp3) is 0.800. The third kappa shape index (κ3) is 9.73. The minimum atomic E-state index is -4.24. The quantitative estimate of drug-likeness (QED) is 0.645. The molecule has 0 rings (SSSR count). The zero-order chi connectivity index (χ0) is 14.4. The van der Waals surface area contributed by atoms with Crippen LogP contribution in [-0.2, 0) is 4.79 Å². The van der Waals surface area contributed by atoms with Crippen LogP contribution in [0.15, 0.2) is 0 Å². The molecule has 0 radical (unpaired) electrons. The molecule has 106 valence electrons. The van der Waals surface area contributed by atoms with Gasteiger partial charge in [-0.1, -0.05) is 0 Å². The molecule has 0 unspecified atom stereocenters. The van der Waals surface area contributed by atoms with Crippen LogP contribution in [-0.4, -0.2) is 35.4 Å². The molecule has 0 aromatic heterocycles. The number of rotatable bonds is 6. The van der Waals surface area contributed by atoms with Crippen LogP contribution in [0, 0.1) is 0 Å². The van der Waals surface area contributed by atoms with E-state index in [1.807, 2.05) is 0 Å². The Labute approximate surface area is 103 Å². The minimum absolute atomic E-state index is 0.117. The van der Waals surface area contributed by atoms with Crippen LogP contribution in [0.4, 0.5) is 18.0 Å². The minimum Gasteiger partial charge on any atom is -0.481 e.